The first kappa shape index (κ1) is 23.0. The first-order chi connectivity index (χ1) is 14.0. The lowest BCUT2D eigenvalue weighted by Crippen LogP contribution is -2.29. The molecule has 2 aromatic rings. The summed E-state index contributed by atoms with van der Waals surface area (Å²) in [4.78, 5) is 25.2. The maximum Gasteiger partial charge on any atom is 0.573 e. The average Bonchev–Trinajstić information content (AvgIpc) is 2.69. The van der Waals surface area contributed by atoms with Crippen molar-refractivity contribution in [2.75, 3.05) is 27.2 Å². The van der Waals surface area contributed by atoms with Crippen LogP contribution in [0.25, 0.3) is 0 Å². The highest BCUT2D eigenvalue weighted by Crippen LogP contribution is 2.24. The normalized spacial score (nSPS) is 12.1. The van der Waals surface area contributed by atoms with Crippen molar-refractivity contribution in [1.82, 2.24) is 10.2 Å². The van der Waals surface area contributed by atoms with Crippen LogP contribution in [0.2, 0.25) is 0 Å². The van der Waals surface area contributed by atoms with E-state index in [9.17, 15) is 27.9 Å². The van der Waals surface area contributed by atoms with Gasteiger partial charge in [-0.2, -0.15) is 0 Å². The highest BCUT2D eigenvalue weighted by molar-refractivity contribution is 5.94. The number of aliphatic hydroxyl groups is 1. The summed E-state index contributed by atoms with van der Waals surface area (Å²) in [6.45, 7) is -0.340. The van der Waals surface area contributed by atoms with Crippen molar-refractivity contribution in [2.24, 2.45) is 0 Å². The number of hydrogen-bond donors (Lipinski definition) is 2. The molecule has 162 valence electrons. The highest BCUT2D eigenvalue weighted by atomic mass is 19.4. The zero-order chi connectivity index (χ0) is 22.3. The van der Waals surface area contributed by atoms with Crippen LogP contribution in [-0.4, -0.2) is 55.4 Å². The second kappa shape index (κ2) is 9.97. The third-order valence-electron chi connectivity index (χ3n) is 3.91. The monoisotopic (exact) mass is 426 g/mol. The number of alkyl halides is 3. The molecule has 0 spiro atoms. The molecule has 0 saturated heterocycles. The van der Waals surface area contributed by atoms with Crippen LogP contribution in [0.5, 0.6) is 11.5 Å². The van der Waals surface area contributed by atoms with Gasteiger partial charge in [-0.3, -0.25) is 9.59 Å². The summed E-state index contributed by atoms with van der Waals surface area (Å²) in [6.07, 6.45) is -5.93. The van der Waals surface area contributed by atoms with Crippen molar-refractivity contribution in [3.05, 3.63) is 59.7 Å². The highest BCUT2D eigenvalue weighted by Gasteiger charge is 2.31. The summed E-state index contributed by atoms with van der Waals surface area (Å²) < 4.78 is 45.6. The number of benzene rings is 2. The van der Waals surface area contributed by atoms with E-state index in [1.165, 1.54) is 29.2 Å². The number of rotatable bonds is 8. The molecular formula is C20H21F3N2O5. The molecule has 0 aliphatic rings. The van der Waals surface area contributed by atoms with Gasteiger partial charge in [0.05, 0.1) is 6.10 Å². The summed E-state index contributed by atoms with van der Waals surface area (Å²) in [5, 5.41) is 12.7. The molecule has 7 nitrogen and oxygen atoms in total. The lowest BCUT2D eigenvalue weighted by atomic mass is 10.1. The molecule has 1 atom stereocenters. The van der Waals surface area contributed by atoms with Crippen LogP contribution in [-0.2, 0) is 4.79 Å². The van der Waals surface area contributed by atoms with Crippen molar-refractivity contribution in [3.8, 4) is 11.5 Å². The van der Waals surface area contributed by atoms with Crippen LogP contribution >= 0.6 is 0 Å². The molecule has 10 heteroatoms. The van der Waals surface area contributed by atoms with Crippen LogP contribution in [0.15, 0.2) is 48.5 Å². The lowest BCUT2D eigenvalue weighted by Gasteiger charge is -2.14. The molecule has 0 aromatic heterocycles. The minimum absolute atomic E-state index is 0.164. The fourth-order valence-electron chi connectivity index (χ4n) is 2.30. The van der Waals surface area contributed by atoms with Crippen molar-refractivity contribution in [1.29, 1.82) is 0 Å². The van der Waals surface area contributed by atoms with Crippen LogP contribution in [0.1, 0.15) is 22.0 Å². The first-order valence-corrected chi connectivity index (χ1v) is 8.80. The van der Waals surface area contributed by atoms with Gasteiger partial charge in [0.1, 0.15) is 11.5 Å². The summed E-state index contributed by atoms with van der Waals surface area (Å²) >= 11 is 0. The Morgan fingerprint density at radius 3 is 2.37 bits per heavy atom. The van der Waals surface area contributed by atoms with Crippen molar-refractivity contribution in [2.45, 2.75) is 12.5 Å². The zero-order valence-electron chi connectivity index (χ0n) is 16.3. The summed E-state index contributed by atoms with van der Waals surface area (Å²) in [5.74, 6) is -0.805. The Labute approximate surface area is 171 Å². The van der Waals surface area contributed by atoms with Gasteiger partial charge in [-0.25, -0.2) is 0 Å². The second-order valence-corrected chi connectivity index (χ2v) is 6.45. The number of aliphatic hydroxyl groups excluding tert-OH is 1. The number of ether oxygens (including phenoxy) is 2. The van der Waals surface area contributed by atoms with Crippen LogP contribution in [0.4, 0.5) is 13.2 Å². The first-order valence-electron chi connectivity index (χ1n) is 8.80. The van der Waals surface area contributed by atoms with Gasteiger partial charge in [0.15, 0.2) is 6.61 Å². The number of nitrogens with zero attached hydrogens (tertiary/aromatic N) is 1. The molecule has 0 heterocycles. The molecule has 2 rings (SSSR count). The van der Waals surface area contributed by atoms with Crippen molar-refractivity contribution >= 4 is 11.8 Å². The second-order valence-electron chi connectivity index (χ2n) is 6.45. The fraction of sp³-hybridized carbons (Fsp3) is 0.300. The zero-order valence-corrected chi connectivity index (χ0v) is 16.3. The molecule has 30 heavy (non-hydrogen) atoms. The fourth-order valence-corrected chi connectivity index (χ4v) is 2.30. The Kier molecular flexibility index (Phi) is 7.65. The van der Waals surface area contributed by atoms with Gasteiger partial charge in [-0.15, -0.1) is 13.2 Å². The van der Waals surface area contributed by atoms with Crippen LogP contribution in [0.3, 0.4) is 0 Å². The van der Waals surface area contributed by atoms with E-state index in [-0.39, 0.29) is 24.6 Å². The standard InChI is InChI=1S/C20H21F3N2O5/c1-25(2)18(27)12-29-16-5-3-4-14(10-16)19(28)24-11-17(26)13-6-8-15(9-7-13)30-20(21,22)23/h3-10,17,26H,11-12H2,1-2H3,(H,24,28). The number of likely N-dealkylation sites (N-methyl/N-ethyl adjacent to an activating group) is 1. The van der Waals surface area contributed by atoms with Crippen molar-refractivity contribution in [3.63, 3.8) is 0 Å². The Hall–Kier alpha value is -3.27. The van der Waals surface area contributed by atoms with Gasteiger partial charge in [0.2, 0.25) is 0 Å². The van der Waals surface area contributed by atoms with E-state index < -0.39 is 24.1 Å². The molecule has 0 bridgehead atoms. The third-order valence-corrected chi connectivity index (χ3v) is 3.91. The average molecular weight is 426 g/mol. The number of carbonyl (C=O) groups is 2. The smallest absolute Gasteiger partial charge is 0.484 e. The van der Waals surface area contributed by atoms with E-state index in [1.54, 1.807) is 26.2 Å². The quantitative estimate of drug-likeness (QED) is 0.677. The van der Waals surface area contributed by atoms with E-state index in [2.05, 4.69) is 10.1 Å². The number of carbonyl (C=O) groups excluding carboxylic acids is 2. The lowest BCUT2D eigenvalue weighted by molar-refractivity contribution is -0.274. The topological polar surface area (TPSA) is 88.1 Å². The third kappa shape index (κ3) is 7.28. The van der Waals surface area contributed by atoms with E-state index >= 15 is 0 Å². The molecule has 2 aromatic carbocycles. The SMILES string of the molecule is CN(C)C(=O)COc1cccc(C(=O)NCC(O)c2ccc(OC(F)(F)F)cc2)c1. The molecule has 0 fully saturated rings. The van der Waals surface area contributed by atoms with E-state index in [0.29, 0.717) is 11.3 Å². The number of hydrogen-bond acceptors (Lipinski definition) is 5. The Balaban J connectivity index is 1.90. The largest absolute Gasteiger partial charge is 0.573 e. The molecule has 0 radical (unpaired) electrons. The maximum absolute atomic E-state index is 12.3. The predicted octanol–water partition coefficient (Wildman–Crippen LogP) is 2.52. The molecular weight excluding hydrogens is 405 g/mol. The molecule has 0 saturated carbocycles. The molecule has 0 aliphatic carbocycles. The van der Waals surface area contributed by atoms with Crippen molar-refractivity contribution < 1.29 is 37.3 Å². The van der Waals surface area contributed by atoms with Gasteiger partial charge in [-0.1, -0.05) is 18.2 Å². The summed E-state index contributed by atoms with van der Waals surface area (Å²) in [6, 6.07) is 10.9. The number of halogens is 3. The Bertz CT molecular complexity index is 869. The maximum atomic E-state index is 12.3. The number of amides is 2. The Morgan fingerprint density at radius 1 is 1.10 bits per heavy atom. The van der Waals surface area contributed by atoms with E-state index in [4.69, 9.17) is 4.74 Å². The van der Waals surface area contributed by atoms with Crippen LogP contribution in [0, 0.1) is 0 Å². The van der Waals surface area contributed by atoms with Gasteiger partial charge in [0.25, 0.3) is 11.8 Å². The minimum Gasteiger partial charge on any atom is -0.484 e. The molecule has 2 amide bonds. The van der Waals surface area contributed by atoms with Gasteiger partial charge < -0.3 is 24.8 Å². The molecule has 1 unspecified atom stereocenters. The summed E-state index contributed by atoms with van der Waals surface area (Å²) in [7, 11) is 3.19. The Morgan fingerprint density at radius 2 is 1.77 bits per heavy atom. The van der Waals surface area contributed by atoms with Gasteiger partial charge >= 0.3 is 6.36 Å². The van der Waals surface area contributed by atoms with Gasteiger partial charge in [-0.05, 0) is 35.9 Å². The summed E-state index contributed by atoms with van der Waals surface area (Å²) in [5.41, 5.74) is 0.565. The molecule has 0 aliphatic heterocycles. The van der Waals surface area contributed by atoms with Crippen LogP contribution < -0.4 is 14.8 Å². The van der Waals surface area contributed by atoms with E-state index in [0.717, 1.165) is 12.1 Å². The number of nitrogens with one attached hydrogen (secondary N) is 1. The molecule has 2 N–H and O–H groups in total. The minimum atomic E-state index is -4.80. The predicted molar refractivity (Wildman–Crippen MR) is 101 cm³/mol. The van der Waals surface area contributed by atoms with E-state index in [1.807, 2.05) is 0 Å². The van der Waals surface area contributed by atoms with Gasteiger partial charge in [0, 0.05) is 26.2 Å².